The number of hydrogen-bond donors (Lipinski definition) is 1. The van der Waals surface area contributed by atoms with E-state index >= 15 is 0 Å². The summed E-state index contributed by atoms with van der Waals surface area (Å²) in [6.45, 7) is 4.60. The highest BCUT2D eigenvalue weighted by Crippen LogP contribution is 2.44. The van der Waals surface area contributed by atoms with Crippen molar-refractivity contribution in [1.29, 1.82) is 0 Å². The van der Waals surface area contributed by atoms with Crippen molar-refractivity contribution in [1.82, 2.24) is 15.4 Å². The van der Waals surface area contributed by atoms with Gasteiger partial charge < -0.3 is 19.5 Å². The van der Waals surface area contributed by atoms with Crippen LogP contribution in [0.25, 0.3) is 11.3 Å². The fourth-order valence-corrected chi connectivity index (χ4v) is 6.78. The number of non-ortho nitro benzene ring substituents is 1. The molecule has 2 aromatic carbocycles. The lowest BCUT2D eigenvalue weighted by molar-refractivity contribution is -0.384. The summed E-state index contributed by atoms with van der Waals surface area (Å²) in [5.41, 5.74) is 1.55. The molecule has 1 N–H and O–H groups in total. The number of aryl methyl sites for hydroxylation is 1. The van der Waals surface area contributed by atoms with Gasteiger partial charge in [-0.3, -0.25) is 23.9 Å². The number of nitro benzene ring substituents is 1. The third-order valence-corrected chi connectivity index (χ3v) is 9.13. The number of benzene rings is 2. The fraction of sp³-hybridized carbons (Fsp3) is 0.308. The molecule has 0 saturated carbocycles. The Hall–Kier alpha value is -4.39. The molecule has 0 radical (unpaired) electrons. The van der Waals surface area contributed by atoms with E-state index in [1.807, 2.05) is 6.07 Å². The first kappa shape index (κ1) is 26.2. The number of fused-ring (bicyclic) bond motifs is 1. The van der Waals surface area contributed by atoms with Gasteiger partial charge in [0.25, 0.3) is 11.6 Å². The number of carbonyl (C=O) groups is 3. The summed E-state index contributed by atoms with van der Waals surface area (Å²) in [6.07, 6.45) is 0. The van der Waals surface area contributed by atoms with Gasteiger partial charge in [0.2, 0.25) is 5.91 Å². The molecule has 1 aromatic heterocycles. The lowest BCUT2D eigenvalue weighted by atomic mass is 9.95. The van der Waals surface area contributed by atoms with Gasteiger partial charge >= 0.3 is 5.97 Å². The summed E-state index contributed by atoms with van der Waals surface area (Å²) in [5, 5.41) is 16.6. The third-order valence-electron chi connectivity index (χ3n) is 6.93. The smallest absolute Gasteiger partial charge is 0.330 e. The second kappa shape index (κ2) is 9.73. The van der Waals surface area contributed by atoms with Crippen LogP contribution in [-0.4, -0.2) is 59.2 Å². The van der Waals surface area contributed by atoms with E-state index in [9.17, 15) is 28.7 Å². The number of nitrogens with zero attached hydrogens (tertiary/aromatic N) is 3. The van der Waals surface area contributed by atoms with E-state index in [-0.39, 0.29) is 23.6 Å². The van der Waals surface area contributed by atoms with Crippen LogP contribution in [-0.2, 0) is 31.7 Å². The largest absolute Gasteiger partial charge is 0.459 e. The third kappa shape index (κ3) is 4.38. The minimum atomic E-state index is -1.71. The van der Waals surface area contributed by atoms with Gasteiger partial charge in [-0.25, -0.2) is 4.79 Å². The fourth-order valence-electron chi connectivity index (χ4n) is 4.87. The Kier molecular flexibility index (Phi) is 6.54. The van der Waals surface area contributed by atoms with Crippen LogP contribution in [0.15, 0.2) is 59.1 Å². The molecule has 39 heavy (non-hydrogen) atoms. The van der Waals surface area contributed by atoms with Gasteiger partial charge in [0.05, 0.1) is 20.5 Å². The number of rotatable bonds is 7. The van der Waals surface area contributed by atoms with Crippen LogP contribution in [0.2, 0.25) is 0 Å². The van der Waals surface area contributed by atoms with Crippen LogP contribution in [0.1, 0.15) is 35.5 Å². The van der Waals surface area contributed by atoms with Gasteiger partial charge in [0, 0.05) is 17.7 Å². The second-order valence-corrected chi connectivity index (χ2v) is 11.9. The highest BCUT2D eigenvalue weighted by molar-refractivity contribution is 7.87. The van der Waals surface area contributed by atoms with Crippen LogP contribution in [0.4, 0.5) is 5.69 Å². The normalized spacial score (nSPS) is 23.1. The molecule has 0 spiro atoms. The van der Waals surface area contributed by atoms with Gasteiger partial charge in [0.15, 0.2) is 0 Å². The molecule has 2 aliphatic heterocycles. The molecule has 2 fully saturated rings. The molecular formula is C26H24N4O8S. The Bertz CT molecular complexity index is 1500. The summed E-state index contributed by atoms with van der Waals surface area (Å²) in [6, 6.07) is 12.2. The molecule has 4 atom stereocenters. The molecule has 202 valence electrons. The van der Waals surface area contributed by atoms with E-state index in [1.54, 1.807) is 45.0 Å². The molecular weight excluding hydrogens is 528 g/mol. The first-order valence-electron chi connectivity index (χ1n) is 12.0. The van der Waals surface area contributed by atoms with Gasteiger partial charge in [-0.2, -0.15) is 0 Å². The molecule has 3 aromatic rings. The maximum atomic E-state index is 13.4. The number of esters is 1. The number of aromatic nitrogens is 1. The van der Waals surface area contributed by atoms with E-state index < -0.39 is 55.7 Å². The van der Waals surface area contributed by atoms with Crippen molar-refractivity contribution in [3.63, 3.8) is 0 Å². The minimum absolute atomic E-state index is 0.100. The SMILES string of the molecule is Cc1onc(-c2ccccc2)c1C(=O)N[C@@H]1C(=O)N2C(C(=O)OCc3ccc([N+](=O)[O-])cc3)C(C)(C)[S@](=O)[C@H]12. The number of hydrogen-bond acceptors (Lipinski definition) is 9. The average molecular weight is 553 g/mol. The van der Waals surface area contributed by atoms with Gasteiger partial charge in [-0.1, -0.05) is 35.5 Å². The maximum Gasteiger partial charge on any atom is 0.330 e. The number of nitro groups is 1. The van der Waals surface area contributed by atoms with Crippen molar-refractivity contribution >= 4 is 34.3 Å². The zero-order valence-electron chi connectivity index (χ0n) is 21.2. The standard InChI is InChI=1S/C26H24N4O8S/c1-14-18(19(28-38-14)16-7-5-4-6-8-16)22(31)27-20-23(32)29-21(26(2,3)39(36)24(20)29)25(33)37-13-15-9-11-17(12-10-15)30(34)35/h4-12,20-21,24H,13H2,1-3H3,(H,27,31)/t20-,21?,24-,39-/m1/s1. The Morgan fingerprint density at radius 2 is 1.85 bits per heavy atom. The molecule has 1 unspecified atom stereocenters. The Labute approximate surface area is 224 Å². The highest BCUT2D eigenvalue weighted by atomic mass is 32.2. The molecule has 2 amide bonds. The summed E-state index contributed by atoms with van der Waals surface area (Å²) < 4.78 is 22.9. The Balaban J connectivity index is 1.31. The molecule has 2 aliphatic rings. The summed E-state index contributed by atoms with van der Waals surface area (Å²) in [4.78, 5) is 51.0. The number of carbonyl (C=O) groups excluding carboxylic acids is 3. The molecule has 3 heterocycles. The van der Waals surface area contributed by atoms with Crippen LogP contribution < -0.4 is 5.32 Å². The summed E-state index contributed by atoms with van der Waals surface area (Å²) >= 11 is 0. The lowest BCUT2D eigenvalue weighted by Gasteiger charge is -2.43. The first-order valence-corrected chi connectivity index (χ1v) is 13.2. The lowest BCUT2D eigenvalue weighted by Crippen LogP contribution is -2.71. The van der Waals surface area contributed by atoms with Crippen LogP contribution in [0.5, 0.6) is 0 Å². The van der Waals surface area contributed by atoms with Crippen LogP contribution in [0, 0.1) is 17.0 Å². The molecule has 0 bridgehead atoms. The van der Waals surface area contributed by atoms with Crippen molar-refractivity contribution in [2.45, 2.75) is 49.6 Å². The van der Waals surface area contributed by atoms with Gasteiger partial charge in [-0.15, -0.1) is 0 Å². The van der Waals surface area contributed by atoms with Crippen molar-refractivity contribution in [2.75, 3.05) is 0 Å². The van der Waals surface area contributed by atoms with Crippen LogP contribution >= 0.6 is 0 Å². The minimum Gasteiger partial charge on any atom is -0.459 e. The topological polar surface area (TPSA) is 162 Å². The number of nitrogens with one attached hydrogen (secondary N) is 1. The van der Waals surface area contributed by atoms with E-state index in [2.05, 4.69) is 10.5 Å². The second-order valence-electron chi connectivity index (χ2n) is 9.75. The van der Waals surface area contributed by atoms with Crippen molar-refractivity contribution in [3.8, 4) is 11.3 Å². The number of amides is 2. The van der Waals surface area contributed by atoms with Gasteiger partial charge in [-0.05, 0) is 38.5 Å². The highest BCUT2D eigenvalue weighted by Gasteiger charge is 2.68. The van der Waals surface area contributed by atoms with Crippen molar-refractivity contribution in [2.24, 2.45) is 0 Å². The molecule has 12 nitrogen and oxygen atoms in total. The quantitative estimate of drug-likeness (QED) is 0.201. The monoisotopic (exact) mass is 552 g/mol. The average Bonchev–Trinajstić information content (AvgIpc) is 3.39. The van der Waals surface area contributed by atoms with Crippen molar-refractivity contribution in [3.05, 3.63) is 81.6 Å². The molecule has 5 rings (SSSR count). The molecule has 0 aliphatic carbocycles. The van der Waals surface area contributed by atoms with E-state index in [0.29, 0.717) is 16.8 Å². The zero-order chi connectivity index (χ0) is 28.1. The van der Waals surface area contributed by atoms with E-state index in [4.69, 9.17) is 9.26 Å². The predicted octanol–water partition coefficient (Wildman–Crippen LogP) is 2.48. The van der Waals surface area contributed by atoms with Crippen LogP contribution in [0.3, 0.4) is 0 Å². The van der Waals surface area contributed by atoms with E-state index in [0.717, 1.165) is 0 Å². The molecule has 13 heteroatoms. The van der Waals surface area contributed by atoms with Crippen molar-refractivity contribution < 1.29 is 32.8 Å². The summed E-state index contributed by atoms with van der Waals surface area (Å²) in [5.74, 6) is -1.66. The number of ether oxygens (including phenoxy) is 1. The zero-order valence-corrected chi connectivity index (χ0v) is 22.0. The Morgan fingerprint density at radius 3 is 2.49 bits per heavy atom. The Morgan fingerprint density at radius 1 is 1.18 bits per heavy atom. The number of β-lactam (4-membered cyclic amide) rings is 1. The van der Waals surface area contributed by atoms with Gasteiger partial charge in [0.1, 0.15) is 41.1 Å². The maximum absolute atomic E-state index is 13.4. The molecule has 2 saturated heterocycles. The predicted molar refractivity (Wildman–Crippen MR) is 137 cm³/mol. The summed E-state index contributed by atoms with van der Waals surface area (Å²) in [7, 11) is -1.71. The first-order chi connectivity index (χ1) is 18.5. The van der Waals surface area contributed by atoms with E-state index in [1.165, 1.54) is 29.2 Å².